The number of pyridine rings is 1. The van der Waals surface area contributed by atoms with Crippen molar-refractivity contribution in [1.29, 1.82) is 0 Å². The molecule has 0 fully saturated rings. The van der Waals surface area contributed by atoms with Crippen molar-refractivity contribution in [3.8, 4) is 34.5 Å². The monoisotopic (exact) mass is 2000 g/mol. The zero-order valence-electron chi connectivity index (χ0n) is 80.9. The van der Waals surface area contributed by atoms with Gasteiger partial charge in [0, 0.05) is 138 Å². The molecule has 0 saturated heterocycles. The third-order valence-electron chi connectivity index (χ3n) is 20.7. The number of amides is 2. The number of nitrogens with zero attached hydrogens (tertiary/aromatic N) is 18. The number of aliphatic imine (C=N–C) groups is 1. The average molecular weight is 2010 g/mol. The Hall–Kier alpha value is -16.6. The number of aryl methyl sites for hydroxylation is 2. The summed E-state index contributed by atoms with van der Waals surface area (Å²) in [6.07, 6.45) is 32.7. The lowest BCUT2D eigenvalue weighted by molar-refractivity contribution is 0.0523. The number of hydrogen-bond acceptors (Lipinski definition) is 27. The maximum absolute atomic E-state index is 12.9. The zero-order chi connectivity index (χ0) is 101. The largest absolute Gasteiger partial charge is 0.496 e. The van der Waals surface area contributed by atoms with Gasteiger partial charge in [-0.1, -0.05) is 90.1 Å². The van der Waals surface area contributed by atoms with Crippen LogP contribution in [0.4, 0.5) is 10.6 Å². The van der Waals surface area contributed by atoms with Crippen LogP contribution >= 0.6 is 15.9 Å². The number of methoxy groups -OCH3 is 8. The molecule has 0 unspecified atom stereocenters. The fraction of sp³-hybridized carbons (Fsp3) is 0.282. The van der Waals surface area contributed by atoms with Crippen molar-refractivity contribution in [2.45, 2.75) is 125 Å². The molecule has 0 saturated carbocycles. The Bertz CT molecular complexity index is 6530. The Morgan fingerprint density at radius 2 is 0.803 bits per heavy atom. The lowest BCUT2D eigenvalue weighted by atomic mass is 10.1. The first kappa shape index (κ1) is 109. The Morgan fingerprint density at radius 3 is 1.13 bits per heavy atom. The third kappa shape index (κ3) is 33.9. The second-order valence-corrected chi connectivity index (χ2v) is 32.4. The topological polar surface area (TPSA) is 427 Å². The number of nitrogens with one attached hydrogen (secondary N) is 2. The summed E-state index contributed by atoms with van der Waals surface area (Å²) in [6.45, 7) is 17.1. The molecule has 1 aliphatic rings. The highest BCUT2D eigenvalue weighted by Crippen LogP contribution is 2.29. The molecule has 4 N–H and O–H groups in total. The molecule has 39 heteroatoms. The molecule has 0 atom stereocenters. The molecule has 746 valence electrons. The van der Waals surface area contributed by atoms with Crippen molar-refractivity contribution in [1.82, 2.24) is 88.5 Å². The van der Waals surface area contributed by atoms with Gasteiger partial charge in [-0.3, -0.25) is 52.6 Å². The predicted octanol–water partition coefficient (Wildman–Crippen LogP) is 15.5. The number of esters is 3. The van der Waals surface area contributed by atoms with E-state index in [1.807, 2.05) is 191 Å². The summed E-state index contributed by atoms with van der Waals surface area (Å²) in [6, 6.07) is 45.2. The molecule has 142 heavy (non-hydrogen) atoms. The summed E-state index contributed by atoms with van der Waals surface area (Å²) < 4.78 is 65.9. The summed E-state index contributed by atoms with van der Waals surface area (Å²) in [5.74, 6) is 2.52. The number of hydrogen-bond donors (Lipinski definition) is 4. The van der Waals surface area contributed by atoms with Crippen LogP contribution in [-0.2, 0) is 89.8 Å². The van der Waals surface area contributed by atoms with Gasteiger partial charge < -0.3 is 62.9 Å². The van der Waals surface area contributed by atoms with Crippen LogP contribution in [0, 0.1) is 13.8 Å². The number of aromatic carboxylic acids is 1. The summed E-state index contributed by atoms with van der Waals surface area (Å²) in [4.78, 5) is 78.4. The van der Waals surface area contributed by atoms with Crippen molar-refractivity contribution in [2.75, 3.05) is 75.3 Å². The maximum atomic E-state index is 12.9. The number of allylic oxidation sites excluding steroid dienone is 1. The minimum absolute atomic E-state index is 0. The summed E-state index contributed by atoms with van der Waals surface area (Å²) in [5, 5.41) is 57.8. The molecule has 0 aliphatic carbocycles. The van der Waals surface area contributed by atoms with E-state index < -0.39 is 17.7 Å². The first-order valence-corrected chi connectivity index (χ1v) is 45.3. The van der Waals surface area contributed by atoms with E-state index in [0.717, 1.165) is 96.3 Å². The molecule has 0 bridgehead atoms. The number of aromatic nitrogens is 17. The molecule has 38 nitrogen and oxygen atoms in total. The zero-order valence-corrected chi connectivity index (χ0v) is 82.5. The third-order valence-corrected chi connectivity index (χ3v) is 21.3. The Balaban J connectivity index is 0.000000194. The highest BCUT2D eigenvalue weighted by atomic mass is 79.9. The molecular formula is C103H119BrN20O18. The van der Waals surface area contributed by atoms with Crippen LogP contribution in [0.15, 0.2) is 262 Å². The molecule has 9 aromatic heterocycles. The van der Waals surface area contributed by atoms with Crippen molar-refractivity contribution in [3.05, 3.63) is 357 Å². The number of carbonyl (C=O) groups excluding carboxylic acids is 5. The van der Waals surface area contributed by atoms with Gasteiger partial charge in [0.05, 0.1) is 175 Å². The van der Waals surface area contributed by atoms with E-state index in [0.29, 0.717) is 110 Å². The fourth-order valence-electron chi connectivity index (χ4n) is 13.8. The molecule has 1 aliphatic heterocycles. The van der Waals surface area contributed by atoms with Gasteiger partial charge in [-0.05, 0) is 166 Å². The number of halogens is 1. The number of ether oxygens (including phenoxy) is 10. The van der Waals surface area contributed by atoms with Crippen LogP contribution in [0.1, 0.15) is 159 Å². The molecule has 0 radical (unpaired) electrons. The lowest BCUT2D eigenvalue weighted by Crippen LogP contribution is -2.28. The minimum Gasteiger partial charge on any atom is -0.496 e. The van der Waals surface area contributed by atoms with Crippen LogP contribution < -0.4 is 39.1 Å². The fourth-order valence-corrected chi connectivity index (χ4v) is 14.2. The van der Waals surface area contributed by atoms with E-state index in [-0.39, 0.29) is 50.0 Å². The molecule has 0 spiro atoms. The van der Waals surface area contributed by atoms with E-state index >= 15 is 0 Å². The molecule has 15 aromatic rings. The summed E-state index contributed by atoms with van der Waals surface area (Å²) >= 11 is 3.33. The first-order valence-electron chi connectivity index (χ1n) is 44.2. The van der Waals surface area contributed by atoms with Gasteiger partial charge in [-0.25, -0.2) is 29.0 Å². The number of anilines is 1. The van der Waals surface area contributed by atoms with Crippen molar-refractivity contribution in [3.63, 3.8) is 0 Å². The highest BCUT2D eigenvalue weighted by molar-refractivity contribution is 9.08. The van der Waals surface area contributed by atoms with Gasteiger partial charge in [0.15, 0.2) is 0 Å². The first-order chi connectivity index (χ1) is 68.1. The van der Waals surface area contributed by atoms with E-state index in [4.69, 9.17) is 48.1 Å². The Labute approximate surface area is 831 Å². The van der Waals surface area contributed by atoms with Crippen LogP contribution in [0.2, 0.25) is 0 Å². The smallest absolute Gasteiger partial charge is 0.413 e. The predicted molar refractivity (Wildman–Crippen MR) is 537 cm³/mol. The molecule has 6 aromatic carbocycles. The van der Waals surface area contributed by atoms with E-state index in [2.05, 4.69) is 86.8 Å². The average Bonchev–Trinajstić information content (AvgIpc) is 1.57. The second-order valence-electron chi connectivity index (χ2n) is 31.9. The number of carbonyl (C=O) groups is 6. The van der Waals surface area contributed by atoms with Gasteiger partial charge in [-0.15, -0.1) is 0 Å². The number of carboxylic acids is 1. The molecular weight excluding hydrogens is 1890 g/mol. The summed E-state index contributed by atoms with van der Waals surface area (Å²) in [5.41, 5.74) is 13.8. The molecule has 2 amide bonds. The van der Waals surface area contributed by atoms with Crippen LogP contribution in [0.25, 0.3) is 0 Å². The number of carboxylic acid groups (broad SMARTS) is 1. The van der Waals surface area contributed by atoms with Crippen molar-refractivity contribution >= 4 is 63.8 Å². The van der Waals surface area contributed by atoms with E-state index in [9.17, 15) is 28.8 Å². The Kier molecular flexibility index (Phi) is 42.8. The SMILES string of the molecule is C.C1=CCN=C1.CCOC(=O)c1cnn(Cc2ccc(Cn3cccn3)c(OC)c2)c1.COC(=O)c1ccc(CBr)c(OC)c1.COC(=O)c1ccc(Cn2cccn2)c(OC)c1.COc1cc(CO)ccc1Cn1cccn1.COc1cc(Cn2cc(C(=O)NCc3c(C)cc(NC(=O)OC(C)(C)C)nc3C)cn2)ccc1Cn1cccn1.COc1cc(Cn2cc(C(=O)O)cn2)ccc1Cn1cccn1. The standard InChI is InChI=1S/C29H35N7O4.C18H20N4O3.C16H16N4O3.C13H14N2O3.C12H14N2O2.C10H11BrO3.C4H5N.CH4/c1-19-12-26(34-28(38)40-29(3,4)5)33-20(2)24(19)15-30-27(37)23-14-32-36(18-23)16-21-8-9-22(25(13-21)39-6)17-35-11-7-10-31-35;1-3-25-18(23)16-10-20-22(13-16)11-14-5-6-15(17(9-14)24-2)12-21-8-4-7-19-21;1-23-15-7-12(9-20-11-14(8-18-20)16(21)22)3-4-13(15)10-19-6-2-5-17-19;1-17-12-8-10(13(16)18-2)4-5-11(12)9-15-7-3-6-14-15;1-16-12-7-10(9-15)3-4-11(12)8-14-6-2-5-13-14;1-13-9-5-7(10(12)14-2)3-4-8(9)6-11;1-2-4-5-3-1;/h7-14,18H,15-17H2,1-6H3,(H,30,37)(H,33,34,38);4-10,13H,3,11-12H2,1-2H3;2-8,11H,9-10H2,1H3,(H,21,22);3-8H,9H2,1-2H3;2-7,15H,8-9H2,1H3;3-5H,6H2,1-2H3;1-3H,4H2;1H4. The molecule has 10 heterocycles. The van der Waals surface area contributed by atoms with Gasteiger partial charge in [-0.2, -0.15) is 40.8 Å². The molecule has 16 rings (SSSR count). The number of benzene rings is 6. The van der Waals surface area contributed by atoms with Crippen molar-refractivity contribution in [2.24, 2.45) is 4.99 Å². The van der Waals surface area contributed by atoms with Crippen LogP contribution in [0.5, 0.6) is 34.5 Å². The van der Waals surface area contributed by atoms with E-state index in [1.54, 1.807) is 175 Å². The highest BCUT2D eigenvalue weighted by Gasteiger charge is 2.21. The normalized spacial score (nSPS) is 10.8. The number of aliphatic hydroxyl groups is 1. The maximum Gasteiger partial charge on any atom is 0.413 e. The minimum atomic E-state index is -0.983. The number of rotatable bonds is 33. The lowest BCUT2D eigenvalue weighted by Gasteiger charge is -2.20. The van der Waals surface area contributed by atoms with Gasteiger partial charge in [0.1, 0.15) is 45.9 Å². The van der Waals surface area contributed by atoms with Crippen molar-refractivity contribution < 1.29 is 86.3 Å². The quantitative estimate of drug-likeness (QED) is 0.0169. The van der Waals surface area contributed by atoms with Gasteiger partial charge in [0.2, 0.25) is 0 Å². The van der Waals surface area contributed by atoms with Gasteiger partial charge in [0.25, 0.3) is 5.91 Å². The van der Waals surface area contributed by atoms with Crippen LogP contribution in [-0.4, -0.2) is 211 Å². The second kappa shape index (κ2) is 55.7. The van der Waals surface area contributed by atoms with E-state index in [1.165, 1.54) is 32.8 Å². The van der Waals surface area contributed by atoms with Gasteiger partial charge >= 0.3 is 30.0 Å². The number of aliphatic hydroxyl groups excluding tert-OH is 1. The van der Waals surface area contributed by atoms with Crippen LogP contribution in [0.3, 0.4) is 0 Å². The number of alkyl halides is 1. The Morgan fingerprint density at radius 1 is 0.437 bits per heavy atom. The summed E-state index contributed by atoms with van der Waals surface area (Å²) in [7, 11) is 12.4.